The maximum Gasteiger partial charge on any atom is 0.134 e. The average molecular weight is 247 g/mol. The van der Waals surface area contributed by atoms with Crippen LogP contribution in [0, 0.1) is 0 Å². The third-order valence-electron chi connectivity index (χ3n) is 2.46. The maximum absolute atomic E-state index is 5.55. The van der Waals surface area contributed by atoms with Gasteiger partial charge < -0.3 is 14.8 Å². The first-order valence-electron chi connectivity index (χ1n) is 6.79. The normalized spacial score (nSPS) is 12.0. The van der Waals surface area contributed by atoms with Gasteiger partial charge >= 0.3 is 0 Å². The largest absolute Gasteiger partial charge is 0.357 e. The highest BCUT2D eigenvalue weighted by atomic mass is 28.2. The molecule has 0 aliphatic rings. The SMILES string of the molecule is CCCCNCCC[SiH2]C(OCC)OCC. The molecule has 0 rings (SSSR count). The summed E-state index contributed by atoms with van der Waals surface area (Å²) in [6.45, 7) is 10.2. The number of hydrogen-bond donors (Lipinski definition) is 1. The van der Waals surface area contributed by atoms with Gasteiger partial charge in [0.15, 0.2) is 0 Å². The van der Waals surface area contributed by atoms with Crippen molar-refractivity contribution in [2.45, 2.75) is 52.0 Å². The summed E-state index contributed by atoms with van der Waals surface area (Å²) in [4.78, 5) is 0. The predicted octanol–water partition coefficient (Wildman–Crippen LogP) is 1.71. The predicted molar refractivity (Wildman–Crippen MR) is 72.8 cm³/mol. The molecule has 0 radical (unpaired) electrons. The van der Waals surface area contributed by atoms with E-state index in [1.165, 1.54) is 31.9 Å². The van der Waals surface area contributed by atoms with Gasteiger partial charge in [-0.2, -0.15) is 0 Å². The lowest BCUT2D eigenvalue weighted by Gasteiger charge is -2.16. The minimum absolute atomic E-state index is 0.144. The first kappa shape index (κ1) is 16.1. The van der Waals surface area contributed by atoms with E-state index in [2.05, 4.69) is 12.2 Å². The van der Waals surface area contributed by atoms with Gasteiger partial charge in [0.2, 0.25) is 0 Å². The molecule has 16 heavy (non-hydrogen) atoms. The van der Waals surface area contributed by atoms with Crippen molar-refractivity contribution in [1.29, 1.82) is 0 Å². The van der Waals surface area contributed by atoms with E-state index in [-0.39, 0.29) is 15.4 Å². The fraction of sp³-hybridized carbons (Fsp3) is 1.00. The molecule has 0 aromatic rings. The van der Waals surface area contributed by atoms with Crippen LogP contribution in [0.3, 0.4) is 0 Å². The van der Waals surface area contributed by atoms with Gasteiger partial charge in [-0.15, -0.1) is 0 Å². The van der Waals surface area contributed by atoms with Gasteiger partial charge in [-0.3, -0.25) is 0 Å². The number of unbranched alkanes of at least 4 members (excludes halogenated alkanes) is 1. The Morgan fingerprint density at radius 1 is 1.00 bits per heavy atom. The monoisotopic (exact) mass is 247 g/mol. The van der Waals surface area contributed by atoms with Gasteiger partial charge in [0.1, 0.15) is 5.91 Å². The van der Waals surface area contributed by atoms with Crippen molar-refractivity contribution in [2.75, 3.05) is 26.3 Å². The second kappa shape index (κ2) is 13.2. The van der Waals surface area contributed by atoms with Gasteiger partial charge in [0.05, 0.1) is 9.52 Å². The van der Waals surface area contributed by atoms with Gasteiger partial charge in [0, 0.05) is 13.2 Å². The molecule has 0 saturated carbocycles. The van der Waals surface area contributed by atoms with Gasteiger partial charge in [0.25, 0.3) is 0 Å². The van der Waals surface area contributed by atoms with Crippen molar-refractivity contribution in [3.63, 3.8) is 0 Å². The molecule has 0 fully saturated rings. The number of ether oxygens (including phenoxy) is 2. The van der Waals surface area contributed by atoms with Gasteiger partial charge in [-0.05, 0) is 39.8 Å². The lowest BCUT2D eigenvalue weighted by Crippen LogP contribution is -2.25. The third-order valence-corrected chi connectivity index (χ3v) is 4.31. The topological polar surface area (TPSA) is 30.5 Å². The number of nitrogens with one attached hydrogen (secondary N) is 1. The molecule has 3 nitrogen and oxygen atoms in total. The Kier molecular flexibility index (Phi) is 13.2. The number of hydrogen-bond acceptors (Lipinski definition) is 3. The smallest absolute Gasteiger partial charge is 0.134 e. The van der Waals surface area contributed by atoms with E-state index in [1.807, 2.05) is 13.8 Å². The van der Waals surface area contributed by atoms with Crippen LogP contribution < -0.4 is 5.32 Å². The molecule has 0 aromatic heterocycles. The van der Waals surface area contributed by atoms with Gasteiger partial charge in [-0.1, -0.05) is 19.4 Å². The minimum atomic E-state index is -0.221. The molecule has 0 aliphatic heterocycles. The highest BCUT2D eigenvalue weighted by Crippen LogP contribution is 1.98. The Morgan fingerprint density at radius 3 is 2.19 bits per heavy atom. The molecular weight excluding hydrogens is 218 g/mol. The zero-order chi connectivity index (χ0) is 12.1. The Bertz CT molecular complexity index is 130. The molecule has 0 saturated heterocycles. The van der Waals surface area contributed by atoms with Crippen molar-refractivity contribution in [3.8, 4) is 0 Å². The Hall–Kier alpha value is 0.0969. The Morgan fingerprint density at radius 2 is 1.62 bits per heavy atom. The quantitative estimate of drug-likeness (QED) is 0.323. The summed E-state index contributed by atoms with van der Waals surface area (Å²) in [5.74, 6) is 0.144. The fourth-order valence-electron chi connectivity index (χ4n) is 1.57. The zero-order valence-electron chi connectivity index (χ0n) is 11.3. The standard InChI is InChI=1S/C12H29NO2Si/c1-4-7-9-13-10-8-11-16-12(14-5-2)15-6-3/h12-13H,4-11,16H2,1-3H3. The highest BCUT2D eigenvalue weighted by molar-refractivity contribution is 6.36. The fourth-order valence-corrected chi connectivity index (χ4v) is 3.25. The maximum atomic E-state index is 5.55. The molecule has 98 valence electrons. The van der Waals surface area contributed by atoms with Crippen molar-refractivity contribution in [2.24, 2.45) is 0 Å². The van der Waals surface area contributed by atoms with E-state index in [0.29, 0.717) is 0 Å². The third kappa shape index (κ3) is 10.6. The van der Waals surface area contributed by atoms with E-state index in [0.717, 1.165) is 19.8 Å². The first-order chi connectivity index (χ1) is 7.85. The summed E-state index contributed by atoms with van der Waals surface area (Å²) in [5, 5.41) is 3.46. The minimum Gasteiger partial charge on any atom is -0.357 e. The van der Waals surface area contributed by atoms with Crippen molar-refractivity contribution >= 4 is 9.52 Å². The molecule has 0 atom stereocenters. The van der Waals surface area contributed by atoms with Crippen LogP contribution >= 0.6 is 0 Å². The van der Waals surface area contributed by atoms with Crippen LogP contribution in [-0.2, 0) is 9.47 Å². The molecule has 0 bridgehead atoms. The van der Waals surface area contributed by atoms with Crippen molar-refractivity contribution in [3.05, 3.63) is 0 Å². The molecule has 0 amide bonds. The molecule has 0 heterocycles. The van der Waals surface area contributed by atoms with Gasteiger partial charge in [-0.25, -0.2) is 0 Å². The van der Waals surface area contributed by atoms with Crippen molar-refractivity contribution < 1.29 is 9.47 Å². The summed E-state index contributed by atoms with van der Waals surface area (Å²) in [5.41, 5.74) is 0. The number of rotatable bonds is 12. The molecule has 0 spiro atoms. The first-order valence-corrected chi connectivity index (χ1v) is 8.60. The summed E-state index contributed by atoms with van der Waals surface area (Å²) in [6, 6.07) is 1.31. The zero-order valence-corrected chi connectivity index (χ0v) is 12.7. The summed E-state index contributed by atoms with van der Waals surface area (Å²) in [6.07, 6.45) is 3.84. The molecule has 1 N–H and O–H groups in total. The van der Waals surface area contributed by atoms with Crippen LogP contribution in [0.4, 0.5) is 0 Å². The Labute approximate surface area is 103 Å². The second-order valence-electron chi connectivity index (χ2n) is 3.94. The van der Waals surface area contributed by atoms with E-state index < -0.39 is 0 Å². The lowest BCUT2D eigenvalue weighted by atomic mass is 10.3. The second-order valence-corrected chi connectivity index (χ2v) is 5.89. The lowest BCUT2D eigenvalue weighted by molar-refractivity contribution is -0.0827. The molecule has 0 aliphatic carbocycles. The highest BCUT2D eigenvalue weighted by Gasteiger charge is 2.07. The summed E-state index contributed by atoms with van der Waals surface area (Å²) < 4.78 is 11.1. The van der Waals surface area contributed by atoms with Crippen LogP contribution in [0.2, 0.25) is 6.04 Å². The summed E-state index contributed by atoms with van der Waals surface area (Å²) >= 11 is 0. The van der Waals surface area contributed by atoms with E-state index in [4.69, 9.17) is 9.47 Å². The molecule has 0 aromatic carbocycles. The summed E-state index contributed by atoms with van der Waals surface area (Å²) in [7, 11) is -0.221. The van der Waals surface area contributed by atoms with Crippen LogP contribution in [0.1, 0.15) is 40.0 Å². The molecular formula is C12H29NO2Si. The van der Waals surface area contributed by atoms with Crippen LogP contribution in [-0.4, -0.2) is 41.7 Å². The Balaban J connectivity index is 3.25. The van der Waals surface area contributed by atoms with Crippen LogP contribution in [0.5, 0.6) is 0 Å². The van der Waals surface area contributed by atoms with E-state index in [9.17, 15) is 0 Å². The average Bonchev–Trinajstić information content (AvgIpc) is 2.28. The molecule has 4 heteroatoms. The van der Waals surface area contributed by atoms with Crippen LogP contribution in [0.15, 0.2) is 0 Å². The van der Waals surface area contributed by atoms with Crippen LogP contribution in [0.25, 0.3) is 0 Å². The molecule has 0 unspecified atom stereocenters. The van der Waals surface area contributed by atoms with E-state index >= 15 is 0 Å². The van der Waals surface area contributed by atoms with E-state index in [1.54, 1.807) is 0 Å². The van der Waals surface area contributed by atoms with Crippen molar-refractivity contribution in [1.82, 2.24) is 5.32 Å².